The molecule has 0 aliphatic rings. The summed E-state index contributed by atoms with van der Waals surface area (Å²) in [4.78, 5) is 23.3. The summed E-state index contributed by atoms with van der Waals surface area (Å²) in [6.45, 7) is 9.25. The van der Waals surface area contributed by atoms with E-state index in [2.05, 4.69) is 10.4 Å². The number of carbonyl (C=O) groups excluding carboxylic acids is 2. The molecule has 5 heteroatoms. The number of amides is 1. The minimum atomic E-state index is -0.422. The maximum Gasteiger partial charge on any atom is 0.242 e. The molecule has 0 aromatic carbocycles. The highest BCUT2D eigenvalue weighted by atomic mass is 16.2. The van der Waals surface area contributed by atoms with Crippen LogP contribution in [0, 0.1) is 19.8 Å². The van der Waals surface area contributed by atoms with Crippen molar-refractivity contribution in [3.05, 3.63) is 17.5 Å². The number of rotatable bonds is 5. The molecule has 0 saturated heterocycles. The molecular weight excluding hydrogens is 230 g/mol. The van der Waals surface area contributed by atoms with E-state index < -0.39 is 6.04 Å². The topological polar surface area (TPSA) is 64.0 Å². The van der Waals surface area contributed by atoms with Gasteiger partial charge in [-0.05, 0) is 32.8 Å². The summed E-state index contributed by atoms with van der Waals surface area (Å²) in [5.74, 6) is -0.117. The monoisotopic (exact) mass is 251 g/mol. The van der Waals surface area contributed by atoms with Gasteiger partial charge < -0.3 is 5.32 Å². The van der Waals surface area contributed by atoms with Crippen molar-refractivity contribution in [2.75, 3.05) is 0 Å². The number of hydrogen-bond acceptors (Lipinski definition) is 3. The Balaban J connectivity index is 2.66. The molecule has 1 unspecified atom stereocenters. The molecule has 1 rings (SSSR count). The lowest BCUT2D eigenvalue weighted by molar-refractivity contribution is -0.128. The van der Waals surface area contributed by atoms with Crippen molar-refractivity contribution < 1.29 is 9.59 Å². The Morgan fingerprint density at radius 3 is 2.39 bits per heavy atom. The molecule has 5 nitrogen and oxygen atoms in total. The lowest BCUT2D eigenvalue weighted by atomic mass is 10.0. The van der Waals surface area contributed by atoms with E-state index in [1.54, 1.807) is 4.68 Å². The highest BCUT2D eigenvalue weighted by Crippen LogP contribution is 2.04. The molecule has 1 aromatic rings. The van der Waals surface area contributed by atoms with E-state index >= 15 is 0 Å². The third kappa shape index (κ3) is 3.68. The molecule has 1 N–H and O–H groups in total. The van der Waals surface area contributed by atoms with Crippen molar-refractivity contribution >= 4 is 11.7 Å². The number of ketones is 1. The summed E-state index contributed by atoms with van der Waals surface area (Å²) in [5.41, 5.74) is 1.82. The second-order valence-corrected chi connectivity index (χ2v) is 4.98. The molecule has 1 amide bonds. The zero-order valence-electron chi connectivity index (χ0n) is 11.7. The smallest absolute Gasteiger partial charge is 0.242 e. The van der Waals surface area contributed by atoms with Crippen LogP contribution >= 0.6 is 0 Å². The summed E-state index contributed by atoms with van der Waals surface area (Å²) in [6, 6.07) is 1.49. The third-order valence-corrected chi connectivity index (χ3v) is 2.82. The van der Waals surface area contributed by atoms with Crippen LogP contribution in [-0.2, 0) is 16.1 Å². The van der Waals surface area contributed by atoms with Gasteiger partial charge in [0.2, 0.25) is 5.91 Å². The van der Waals surface area contributed by atoms with E-state index in [-0.39, 0.29) is 24.2 Å². The lowest BCUT2D eigenvalue weighted by Crippen LogP contribution is -2.44. The van der Waals surface area contributed by atoms with Crippen molar-refractivity contribution in [1.29, 1.82) is 0 Å². The fourth-order valence-electron chi connectivity index (χ4n) is 1.93. The molecule has 0 spiro atoms. The molecule has 0 saturated carbocycles. The fraction of sp³-hybridized carbons (Fsp3) is 0.615. The van der Waals surface area contributed by atoms with E-state index in [1.165, 1.54) is 6.92 Å². The van der Waals surface area contributed by atoms with E-state index in [9.17, 15) is 9.59 Å². The minimum Gasteiger partial charge on any atom is -0.344 e. The molecule has 18 heavy (non-hydrogen) atoms. The molecule has 0 bridgehead atoms. The Labute approximate surface area is 108 Å². The van der Waals surface area contributed by atoms with Crippen molar-refractivity contribution in [3.8, 4) is 0 Å². The van der Waals surface area contributed by atoms with E-state index in [4.69, 9.17) is 0 Å². The molecule has 1 atom stereocenters. The van der Waals surface area contributed by atoms with Crippen LogP contribution in [-0.4, -0.2) is 27.5 Å². The normalized spacial score (nSPS) is 12.6. The van der Waals surface area contributed by atoms with Crippen molar-refractivity contribution in [2.24, 2.45) is 5.92 Å². The number of Topliss-reactive ketones (excluding diaryl/α,β-unsaturated/α-hetero) is 1. The van der Waals surface area contributed by atoms with Gasteiger partial charge in [-0.25, -0.2) is 0 Å². The quantitative estimate of drug-likeness (QED) is 0.856. The van der Waals surface area contributed by atoms with Gasteiger partial charge >= 0.3 is 0 Å². The Hall–Kier alpha value is -1.65. The molecule has 100 valence electrons. The van der Waals surface area contributed by atoms with Gasteiger partial charge in [-0.1, -0.05) is 13.8 Å². The molecule has 1 heterocycles. The maximum absolute atomic E-state index is 11.9. The zero-order valence-corrected chi connectivity index (χ0v) is 11.7. The van der Waals surface area contributed by atoms with Gasteiger partial charge in [0.1, 0.15) is 6.54 Å². The number of carbonyl (C=O) groups is 2. The van der Waals surface area contributed by atoms with Crippen LogP contribution in [0.5, 0.6) is 0 Å². The number of hydrogen-bond donors (Lipinski definition) is 1. The Kier molecular flexibility index (Phi) is 4.64. The molecule has 1 aromatic heterocycles. The third-order valence-electron chi connectivity index (χ3n) is 2.82. The Morgan fingerprint density at radius 2 is 2.00 bits per heavy atom. The van der Waals surface area contributed by atoms with E-state index in [0.717, 1.165) is 11.4 Å². The summed E-state index contributed by atoms with van der Waals surface area (Å²) < 4.78 is 1.64. The van der Waals surface area contributed by atoms with Gasteiger partial charge in [-0.2, -0.15) is 5.10 Å². The van der Waals surface area contributed by atoms with Crippen LogP contribution in [0.15, 0.2) is 6.07 Å². The summed E-state index contributed by atoms with van der Waals surface area (Å²) >= 11 is 0. The average Bonchev–Trinajstić information content (AvgIpc) is 2.53. The van der Waals surface area contributed by atoms with Crippen molar-refractivity contribution in [1.82, 2.24) is 15.1 Å². The number of aromatic nitrogens is 2. The molecule has 0 radical (unpaired) electrons. The lowest BCUT2D eigenvalue weighted by Gasteiger charge is -2.19. The van der Waals surface area contributed by atoms with Gasteiger partial charge in [0.05, 0.1) is 11.7 Å². The summed E-state index contributed by atoms with van der Waals surface area (Å²) in [7, 11) is 0. The predicted octanol–water partition coefficient (Wildman–Crippen LogP) is 1.23. The number of nitrogens with zero attached hydrogens (tertiary/aromatic N) is 2. The van der Waals surface area contributed by atoms with Crippen LogP contribution in [0.2, 0.25) is 0 Å². The first-order valence-corrected chi connectivity index (χ1v) is 6.12. The van der Waals surface area contributed by atoms with Crippen molar-refractivity contribution in [3.63, 3.8) is 0 Å². The second kappa shape index (κ2) is 5.80. The zero-order chi connectivity index (χ0) is 13.9. The second-order valence-electron chi connectivity index (χ2n) is 4.98. The summed E-state index contributed by atoms with van der Waals surface area (Å²) in [6.07, 6.45) is 0. The number of nitrogens with one attached hydrogen (secondary N) is 1. The van der Waals surface area contributed by atoms with E-state index in [0.29, 0.717) is 0 Å². The SMILES string of the molecule is CC(=O)C(NC(=O)Cn1nc(C)cc1C)C(C)C. The molecular formula is C13H21N3O2. The Morgan fingerprint density at radius 1 is 1.39 bits per heavy atom. The maximum atomic E-state index is 11.9. The van der Waals surface area contributed by atoms with Crippen LogP contribution < -0.4 is 5.32 Å². The van der Waals surface area contributed by atoms with Crippen LogP contribution in [0.25, 0.3) is 0 Å². The highest BCUT2D eigenvalue weighted by molar-refractivity contribution is 5.87. The first-order chi connectivity index (χ1) is 8.31. The first-order valence-electron chi connectivity index (χ1n) is 6.12. The van der Waals surface area contributed by atoms with Gasteiger partial charge in [0.15, 0.2) is 5.78 Å². The first kappa shape index (κ1) is 14.4. The number of aryl methyl sites for hydroxylation is 2. The molecule has 0 fully saturated rings. The van der Waals surface area contributed by atoms with Gasteiger partial charge in [-0.3, -0.25) is 14.3 Å². The minimum absolute atomic E-state index is 0.0216. The highest BCUT2D eigenvalue weighted by Gasteiger charge is 2.20. The van der Waals surface area contributed by atoms with Crippen LogP contribution in [0.3, 0.4) is 0 Å². The molecule has 0 aliphatic heterocycles. The van der Waals surface area contributed by atoms with Gasteiger partial charge in [0.25, 0.3) is 0 Å². The van der Waals surface area contributed by atoms with Crippen LogP contribution in [0.4, 0.5) is 0 Å². The summed E-state index contributed by atoms with van der Waals surface area (Å²) in [5, 5.41) is 6.97. The largest absolute Gasteiger partial charge is 0.344 e. The molecule has 0 aliphatic carbocycles. The standard InChI is InChI=1S/C13H21N3O2/c1-8(2)13(11(5)17)14-12(18)7-16-10(4)6-9(3)15-16/h6,8,13H,7H2,1-5H3,(H,14,18). The van der Waals surface area contributed by atoms with Gasteiger partial charge in [0, 0.05) is 5.69 Å². The fourth-order valence-corrected chi connectivity index (χ4v) is 1.93. The Bertz CT molecular complexity index is 449. The van der Waals surface area contributed by atoms with Crippen molar-refractivity contribution in [2.45, 2.75) is 47.2 Å². The van der Waals surface area contributed by atoms with Crippen LogP contribution in [0.1, 0.15) is 32.2 Å². The van der Waals surface area contributed by atoms with Gasteiger partial charge in [-0.15, -0.1) is 0 Å². The predicted molar refractivity (Wildman–Crippen MR) is 69.2 cm³/mol. The average molecular weight is 251 g/mol. The van der Waals surface area contributed by atoms with E-state index in [1.807, 2.05) is 33.8 Å².